The molecule has 3 nitrogen and oxygen atoms in total. The number of pyridine rings is 1. The van der Waals surface area contributed by atoms with Gasteiger partial charge in [0.1, 0.15) is 18.2 Å². The van der Waals surface area contributed by atoms with Crippen LogP contribution in [-0.2, 0) is 13.2 Å². The van der Waals surface area contributed by atoms with Gasteiger partial charge in [-0.3, -0.25) is 4.98 Å². The number of rotatable bonds is 6. The largest absolute Gasteiger partial charge is 0.486 e. The van der Waals surface area contributed by atoms with Crippen LogP contribution in [0, 0.1) is 5.82 Å². The van der Waals surface area contributed by atoms with Gasteiger partial charge in [0.05, 0.1) is 10.7 Å². The maximum Gasteiger partial charge on any atom is 0.138 e. The third-order valence-corrected chi connectivity index (χ3v) is 3.62. The molecule has 110 valence electrons. The Morgan fingerprint density at radius 3 is 2.81 bits per heavy atom. The standard InChI is InChI=1S/C16H16ClFN2O/c17-15-7-12(18)2-6-16(15)21-10-14-3-1-11(9-20-14)8-19-13-4-5-13/h1-3,6-7,9,13,19H,4-5,8,10H2. The summed E-state index contributed by atoms with van der Waals surface area (Å²) >= 11 is 5.90. The van der Waals surface area contributed by atoms with Crippen molar-refractivity contribution in [1.82, 2.24) is 10.3 Å². The van der Waals surface area contributed by atoms with Crippen molar-refractivity contribution in [3.05, 3.63) is 58.6 Å². The maximum atomic E-state index is 12.9. The summed E-state index contributed by atoms with van der Waals surface area (Å²) in [5.74, 6) is 0.0809. The van der Waals surface area contributed by atoms with Crippen LogP contribution in [0.1, 0.15) is 24.1 Å². The summed E-state index contributed by atoms with van der Waals surface area (Å²) in [6.07, 6.45) is 4.40. The Morgan fingerprint density at radius 2 is 2.14 bits per heavy atom. The molecule has 1 saturated carbocycles. The molecule has 21 heavy (non-hydrogen) atoms. The molecule has 3 rings (SSSR count). The minimum absolute atomic E-state index is 0.264. The Hall–Kier alpha value is -1.65. The molecule has 0 bridgehead atoms. The van der Waals surface area contributed by atoms with Gasteiger partial charge in [0.25, 0.3) is 0 Å². The van der Waals surface area contributed by atoms with E-state index in [1.165, 1.54) is 31.0 Å². The van der Waals surface area contributed by atoms with Crippen LogP contribution in [0.15, 0.2) is 36.5 Å². The fourth-order valence-electron chi connectivity index (χ4n) is 1.94. The van der Waals surface area contributed by atoms with Crippen LogP contribution < -0.4 is 10.1 Å². The zero-order valence-electron chi connectivity index (χ0n) is 11.5. The third kappa shape index (κ3) is 4.16. The van der Waals surface area contributed by atoms with E-state index >= 15 is 0 Å². The third-order valence-electron chi connectivity index (χ3n) is 3.33. The fourth-order valence-corrected chi connectivity index (χ4v) is 2.16. The second kappa shape index (κ2) is 6.41. The molecular weight excluding hydrogens is 291 g/mol. The van der Waals surface area contributed by atoms with E-state index in [-0.39, 0.29) is 10.8 Å². The molecular formula is C16H16ClFN2O. The molecule has 2 aromatic rings. The maximum absolute atomic E-state index is 12.9. The van der Waals surface area contributed by atoms with E-state index in [1.807, 2.05) is 18.3 Å². The summed E-state index contributed by atoms with van der Waals surface area (Å²) in [6, 6.07) is 8.73. The predicted molar refractivity (Wildman–Crippen MR) is 79.8 cm³/mol. The Kier molecular flexibility index (Phi) is 4.36. The van der Waals surface area contributed by atoms with Crippen molar-refractivity contribution in [2.24, 2.45) is 0 Å². The van der Waals surface area contributed by atoms with E-state index in [4.69, 9.17) is 16.3 Å². The average molecular weight is 307 g/mol. The van der Waals surface area contributed by atoms with Gasteiger partial charge in [-0.15, -0.1) is 0 Å². The van der Waals surface area contributed by atoms with Gasteiger partial charge in [0, 0.05) is 18.8 Å². The Balaban J connectivity index is 1.54. The van der Waals surface area contributed by atoms with Crippen LogP contribution in [0.2, 0.25) is 5.02 Å². The summed E-state index contributed by atoms with van der Waals surface area (Å²) in [7, 11) is 0. The first kappa shape index (κ1) is 14.3. The van der Waals surface area contributed by atoms with Gasteiger partial charge in [-0.25, -0.2) is 4.39 Å². The number of benzene rings is 1. The van der Waals surface area contributed by atoms with Crippen LogP contribution in [0.25, 0.3) is 0 Å². The van der Waals surface area contributed by atoms with Crippen molar-refractivity contribution in [2.75, 3.05) is 0 Å². The Morgan fingerprint density at radius 1 is 1.29 bits per heavy atom. The lowest BCUT2D eigenvalue weighted by atomic mass is 10.2. The van der Waals surface area contributed by atoms with Crippen molar-refractivity contribution >= 4 is 11.6 Å². The molecule has 0 unspecified atom stereocenters. The van der Waals surface area contributed by atoms with Gasteiger partial charge < -0.3 is 10.1 Å². The normalized spacial score (nSPS) is 14.2. The Labute approximate surface area is 128 Å². The highest BCUT2D eigenvalue weighted by Gasteiger charge is 2.19. The quantitative estimate of drug-likeness (QED) is 0.883. The molecule has 0 amide bonds. The summed E-state index contributed by atoms with van der Waals surface area (Å²) in [4.78, 5) is 4.36. The molecule has 5 heteroatoms. The van der Waals surface area contributed by atoms with Gasteiger partial charge in [-0.05, 0) is 42.7 Å². The van der Waals surface area contributed by atoms with Gasteiger partial charge in [-0.2, -0.15) is 0 Å². The van der Waals surface area contributed by atoms with Crippen molar-refractivity contribution < 1.29 is 9.13 Å². The molecule has 0 atom stereocenters. The van der Waals surface area contributed by atoms with Crippen LogP contribution in [0.3, 0.4) is 0 Å². The first-order chi connectivity index (χ1) is 10.2. The van der Waals surface area contributed by atoms with Crippen molar-refractivity contribution in [2.45, 2.75) is 32.0 Å². The van der Waals surface area contributed by atoms with E-state index in [1.54, 1.807) is 0 Å². The van der Waals surface area contributed by atoms with E-state index in [9.17, 15) is 4.39 Å². The lowest BCUT2D eigenvalue weighted by molar-refractivity contribution is 0.301. The average Bonchev–Trinajstić information content (AvgIpc) is 3.30. The van der Waals surface area contributed by atoms with Gasteiger partial charge in [-0.1, -0.05) is 17.7 Å². The number of hydrogen-bond acceptors (Lipinski definition) is 3. The Bertz CT molecular complexity index is 614. The lowest BCUT2D eigenvalue weighted by Gasteiger charge is -2.08. The molecule has 1 aromatic heterocycles. The first-order valence-corrected chi connectivity index (χ1v) is 7.33. The molecule has 1 N–H and O–H groups in total. The smallest absolute Gasteiger partial charge is 0.138 e. The number of hydrogen-bond donors (Lipinski definition) is 1. The van der Waals surface area contributed by atoms with Crippen molar-refractivity contribution in [3.8, 4) is 5.75 Å². The molecule has 0 radical (unpaired) electrons. The molecule has 1 aromatic carbocycles. The molecule has 0 spiro atoms. The molecule has 0 saturated heterocycles. The summed E-state index contributed by atoms with van der Waals surface area (Å²) in [5.41, 5.74) is 1.97. The van der Waals surface area contributed by atoms with E-state index < -0.39 is 0 Å². The minimum atomic E-state index is -0.377. The number of nitrogens with zero attached hydrogens (tertiary/aromatic N) is 1. The molecule has 1 aliphatic carbocycles. The highest BCUT2D eigenvalue weighted by Crippen LogP contribution is 2.25. The number of halogens is 2. The van der Waals surface area contributed by atoms with Crippen molar-refractivity contribution in [1.29, 1.82) is 0 Å². The predicted octanol–water partition coefficient (Wildman–Crippen LogP) is 3.71. The van der Waals surface area contributed by atoms with Gasteiger partial charge in [0.2, 0.25) is 0 Å². The molecule has 0 aliphatic heterocycles. The zero-order chi connectivity index (χ0) is 14.7. The first-order valence-electron chi connectivity index (χ1n) is 6.96. The second-order valence-corrected chi connectivity index (χ2v) is 5.58. The molecule has 1 heterocycles. The van der Waals surface area contributed by atoms with Crippen LogP contribution in [0.4, 0.5) is 4.39 Å². The van der Waals surface area contributed by atoms with E-state index in [0.717, 1.165) is 17.8 Å². The highest BCUT2D eigenvalue weighted by atomic mass is 35.5. The minimum Gasteiger partial charge on any atom is -0.486 e. The van der Waals surface area contributed by atoms with Crippen LogP contribution in [-0.4, -0.2) is 11.0 Å². The topological polar surface area (TPSA) is 34.1 Å². The second-order valence-electron chi connectivity index (χ2n) is 5.18. The molecule has 1 fully saturated rings. The number of nitrogens with one attached hydrogen (secondary N) is 1. The molecule has 1 aliphatic rings. The summed E-state index contributed by atoms with van der Waals surface area (Å²) in [5, 5.41) is 3.70. The number of aromatic nitrogens is 1. The summed E-state index contributed by atoms with van der Waals surface area (Å²) in [6.45, 7) is 1.16. The van der Waals surface area contributed by atoms with Gasteiger partial charge >= 0.3 is 0 Å². The van der Waals surface area contributed by atoms with Gasteiger partial charge in [0.15, 0.2) is 0 Å². The highest BCUT2D eigenvalue weighted by molar-refractivity contribution is 6.32. The summed E-state index contributed by atoms with van der Waals surface area (Å²) < 4.78 is 18.5. The van der Waals surface area contributed by atoms with Crippen molar-refractivity contribution in [3.63, 3.8) is 0 Å². The monoisotopic (exact) mass is 306 g/mol. The lowest BCUT2D eigenvalue weighted by Crippen LogP contribution is -2.15. The SMILES string of the molecule is Fc1ccc(OCc2ccc(CNC3CC3)cn2)c(Cl)c1. The van der Waals surface area contributed by atoms with E-state index in [0.29, 0.717) is 18.4 Å². The van der Waals surface area contributed by atoms with Crippen LogP contribution >= 0.6 is 11.6 Å². The number of ether oxygens (including phenoxy) is 1. The van der Waals surface area contributed by atoms with E-state index in [2.05, 4.69) is 10.3 Å². The fraction of sp³-hybridized carbons (Fsp3) is 0.312. The van der Waals surface area contributed by atoms with Crippen LogP contribution in [0.5, 0.6) is 5.75 Å². The zero-order valence-corrected chi connectivity index (χ0v) is 12.2.